The number of carbonyl (C=O) groups is 1. The molecule has 2 amide bonds. The van der Waals surface area contributed by atoms with Crippen molar-refractivity contribution >= 4 is 11.8 Å². The molecule has 1 heterocycles. The van der Waals surface area contributed by atoms with Crippen LogP contribution in [0.5, 0.6) is 0 Å². The molecule has 0 aliphatic heterocycles. The summed E-state index contributed by atoms with van der Waals surface area (Å²) < 4.78 is 26.2. The molecule has 4 nitrogen and oxygen atoms in total. The highest BCUT2D eigenvalue weighted by Crippen LogP contribution is 2.18. The van der Waals surface area contributed by atoms with Crippen LogP contribution in [0.3, 0.4) is 0 Å². The molecule has 0 fully saturated rings. The fourth-order valence-electron chi connectivity index (χ4n) is 1.74. The normalized spacial score (nSPS) is 10.2. The second-order valence-corrected chi connectivity index (χ2v) is 3.95. The SMILES string of the molecule is NC(=O)Nc1ncccc1Cc1cc(F)cc(F)c1. The van der Waals surface area contributed by atoms with E-state index in [-0.39, 0.29) is 12.2 Å². The molecule has 1 aromatic carbocycles. The van der Waals surface area contributed by atoms with Crippen LogP contribution in [-0.2, 0) is 6.42 Å². The van der Waals surface area contributed by atoms with Crippen molar-refractivity contribution in [1.82, 2.24) is 4.98 Å². The number of nitrogens with two attached hydrogens (primary N) is 1. The summed E-state index contributed by atoms with van der Waals surface area (Å²) in [5.74, 6) is -1.02. The number of rotatable bonds is 3. The second-order valence-electron chi connectivity index (χ2n) is 3.95. The molecule has 6 heteroatoms. The molecule has 0 radical (unpaired) electrons. The molecule has 0 atom stereocenters. The van der Waals surface area contributed by atoms with Crippen molar-refractivity contribution in [2.24, 2.45) is 5.73 Å². The van der Waals surface area contributed by atoms with Gasteiger partial charge in [0.2, 0.25) is 0 Å². The standard InChI is InChI=1S/C13H11F2N3O/c14-10-5-8(6-11(15)7-10)4-9-2-1-3-17-12(9)18-13(16)19/h1-3,5-7H,4H2,(H3,16,17,18,19). The Morgan fingerprint density at radius 2 is 1.95 bits per heavy atom. The lowest BCUT2D eigenvalue weighted by atomic mass is 10.1. The van der Waals surface area contributed by atoms with Crippen molar-refractivity contribution in [2.45, 2.75) is 6.42 Å². The quantitative estimate of drug-likeness (QED) is 0.893. The fourth-order valence-corrected chi connectivity index (χ4v) is 1.74. The summed E-state index contributed by atoms with van der Waals surface area (Å²) in [6.07, 6.45) is 1.72. The maximum Gasteiger partial charge on any atom is 0.317 e. The monoisotopic (exact) mass is 263 g/mol. The average Bonchev–Trinajstić information content (AvgIpc) is 2.29. The van der Waals surface area contributed by atoms with Crippen molar-refractivity contribution in [2.75, 3.05) is 5.32 Å². The highest BCUT2D eigenvalue weighted by molar-refractivity contribution is 5.87. The van der Waals surface area contributed by atoms with Crippen molar-refractivity contribution in [1.29, 1.82) is 0 Å². The molecule has 98 valence electrons. The zero-order chi connectivity index (χ0) is 13.8. The third-order valence-corrected chi connectivity index (χ3v) is 2.45. The number of nitrogens with one attached hydrogen (secondary N) is 1. The number of primary amides is 1. The van der Waals surface area contributed by atoms with E-state index in [0.29, 0.717) is 11.1 Å². The number of aromatic nitrogens is 1. The molecule has 2 aromatic rings. The lowest BCUT2D eigenvalue weighted by Crippen LogP contribution is -2.21. The van der Waals surface area contributed by atoms with E-state index in [9.17, 15) is 13.6 Å². The van der Waals surface area contributed by atoms with Crippen LogP contribution in [-0.4, -0.2) is 11.0 Å². The molecule has 0 saturated carbocycles. The molecule has 0 saturated heterocycles. The molecule has 19 heavy (non-hydrogen) atoms. The molecule has 0 spiro atoms. The van der Waals surface area contributed by atoms with Crippen LogP contribution in [0.15, 0.2) is 36.5 Å². The molecule has 0 aliphatic carbocycles. The summed E-state index contributed by atoms with van der Waals surface area (Å²) in [6.45, 7) is 0. The van der Waals surface area contributed by atoms with Crippen molar-refractivity contribution < 1.29 is 13.6 Å². The first kappa shape index (κ1) is 12.9. The molecule has 0 unspecified atom stereocenters. The summed E-state index contributed by atoms with van der Waals surface area (Å²) in [5.41, 5.74) is 6.08. The van der Waals surface area contributed by atoms with Crippen LogP contribution < -0.4 is 11.1 Å². The lowest BCUT2D eigenvalue weighted by Gasteiger charge is -2.08. The Morgan fingerprint density at radius 3 is 2.58 bits per heavy atom. The second kappa shape index (κ2) is 5.43. The minimum Gasteiger partial charge on any atom is -0.351 e. The van der Waals surface area contributed by atoms with Crippen LogP contribution in [0, 0.1) is 11.6 Å². The van der Waals surface area contributed by atoms with Crippen LogP contribution >= 0.6 is 0 Å². The highest BCUT2D eigenvalue weighted by atomic mass is 19.1. The largest absolute Gasteiger partial charge is 0.351 e. The average molecular weight is 263 g/mol. The molecular weight excluding hydrogens is 252 g/mol. The third kappa shape index (κ3) is 3.48. The van der Waals surface area contributed by atoms with Gasteiger partial charge in [-0.3, -0.25) is 5.32 Å². The Labute approximate surface area is 108 Å². The number of halogens is 2. The van der Waals surface area contributed by atoms with Gasteiger partial charge in [0.05, 0.1) is 0 Å². The zero-order valence-electron chi connectivity index (χ0n) is 9.86. The predicted octanol–water partition coefficient (Wildman–Crippen LogP) is 2.44. The first-order valence-electron chi connectivity index (χ1n) is 5.50. The van der Waals surface area contributed by atoms with Gasteiger partial charge in [-0.05, 0) is 29.3 Å². The van der Waals surface area contributed by atoms with E-state index in [4.69, 9.17) is 5.73 Å². The van der Waals surface area contributed by atoms with Gasteiger partial charge in [-0.15, -0.1) is 0 Å². The maximum absolute atomic E-state index is 13.1. The maximum atomic E-state index is 13.1. The van der Waals surface area contributed by atoms with Gasteiger partial charge < -0.3 is 5.73 Å². The summed E-state index contributed by atoms with van der Waals surface area (Å²) >= 11 is 0. The van der Waals surface area contributed by atoms with Crippen LogP contribution in [0.1, 0.15) is 11.1 Å². The Balaban J connectivity index is 2.29. The van der Waals surface area contributed by atoms with Gasteiger partial charge >= 0.3 is 6.03 Å². The van der Waals surface area contributed by atoms with Gasteiger partial charge in [-0.1, -0.05) is 6.07 Å². The van der Waals surface area contributed by atoms with E-state index in [0.717, 1.165) is 6.07 Å². The van der Waals surface area contributed by atoms with E-state index in [1.54, 1.807) is 12.1 Å². The first-order valence-corrected chi connectivity index (χ1v) is 5.50. The topological polar surface area (TPSA) is 68.0 Å². The number of carbonyl (C=O) groups excluding carboxylic acids is 1. The molecular formula is C13H11F2N3O. The van der Waals surface area contributed by atoms with Gasteiger partial charge in [-0.25, -0.2) is 18.6 Å². The van der Waals surface area contributed by atoms with E-state index in [1.165, 1.54) is 18.3 Å². The van der Waals surface area contributed by atoms with Crippen LogP contribution in [0.2, 0.25) is 0 Å². The van der Waals surface area contributed by atoms with Crippen molar-refractivity contribution in [3.63, 3.8) is 0 Å². The molecule has 2 rings (SSSR count). The number of urea groups is 1. The van der Waals surface area contributed by atoms with Crippen molar-refractivity contribution in [3.8, 4) is 0 Å². The van der Waals surface area contributed by atoms with Crippen LogP contribution in [0.25, 0.3) is 0 Å². The first-order chi connectivity index (χ1) is 9.04. The third-order valence-electron chi connectivity index (χ3n) is 2.45. The van der Waals surface area contributed by atoms with Crippen molar-refractivity contribution in [3.05, 3.63) is 59.3 Å². The number of benzene rings is 1. The molecule has 0 bridgehead atoms. The minimum atomic E-state index is -0.745. The van der Waals surface area contributed by atoms with E-state index in [1.807, 2.05) is 0 Å². The number of amides is 2. The predicted molar refractivity (Wildman–Crippen MR) is 66.6 cm³/mol. The van der Waals surface area contributed by atoms with E-state index >= 15 is 0 Å². The Kier molecular flexibility index (Phi) is 3.70. The summed E-state index contributed by atoms with van der Waals surface area (Å²) in [6, 6.07) is 5.87. The summed E-state index contributed by atoms with van der Waals surface area (Å²) in [5, 5.41) is 2.36. The lowest BCUT2D eigenvalue weighted by molar-refractivity contribution is 0.259. The van der Waals surface area contributed by atoms with E-state index < -0.39 is 17.7 Å². The fraction of sp³-hybridized carbons (Fsp3) is 0.0769. The Hall–Kier alpha value is -2.50. The molecule has 0 aliphatic rings. The number of hydrogen-bond acceptors (Lipinski definition) is 2. The zero-order valence-corrected chi connectivity index (χ0v) is 9.86. The van der Waals surface area contributed by atoms with Gasteiger partial charge in [0.25, 0.3) is 0 Å². The van der Waals surface area contributed by atoms with Gasteiger partial charge in [0, 0.05) is 18.7 Å². The highest BCUT2D eigenvalue weighted by Gasteiger charge is 2.08. The summed E-state index contributed by atoms with van der Waals surface area (Å²) in [7, 11) is 0. The van der Waals surface area contributed by atoms with Gasteiger partial charge in [0.1, 0.15) is 17.5 Å². The van der Waals surface area contributed by atoms with Crippen LogP contribution in [0.4, 0.5) is 19.4 Å². The van der Waals surface area contributed by atoms with Gasteiger partial charge in [0.15, 0.2) is 0 Å². The smallest absolute Gasteiger partial charge is 0.317 e. The number of anilines is 1. The molecule has 3 N–H and O–H groups in total. The van der Waals surface area contributed by atoms with Gasteiger partial charge in [-0.2, -0.15) is 0 Å². The Bertz CT molecular complexity index is 596. The number of nitrogens with zero attached hydrogens (tertiary/aromatic N) is 1. The minimum absolute atomic E-state index is 0.234. The number of hydrogen-bond donors (Lipinski definition) is 2. The number of pyridine rings is 1. The van der Waals surface area contributed by atoms with E-state index in [2.05, 4.69) is 10.3 Å². The Morgan fingerprint density at radius 1 is 1.26 bits per heavy atom. The summed E-state index contributed by atoms with van der Waals surface area (Å²) in [4.78, 5) is 14.8. The molecule has 1 aromatic heterocycles.